The lowest BCUT2D eigenvalue weighted by atomic mass is 10.2. The van der Waals surface area contributed by atoms with Crippen LogP contribution in [0.4, 0.5) is 15.0 Å². The molecule has 0 bridgehead atoms. The number of carbonyl (C=O) groups excluding carboxylic acids is 1. The molecule has 2 amide bonds. The topological polar surface area (TPSA) is 70.6 Å². The largest absolute Gasteiger partial charge is 0.478 e. The summed E-state index contributed by atoms with van der Waals surface area (Å²) >= 11 is 0. The average molecular weight is 359 g/mol. The molecule has 1 aliphatic rings. The molecule has 0 radical (unpaired) electrons. The van der Waals surface area contributed by atoms with Crippen LogP contribution >= 0.6 is 0 Å². The van der Waals surface area contributed by atoms with Gasteiger partial charge in [0.05, 0.1) is 13.2 Å². The Morgan fingerprint density at radius 1 is 1.42 bits per heavy atom. The van der Waals surface area contributed by atoms with E-state index in [0.29, 0.717) is 18.2 Å². The highest BCUT2D eigenvalue weighted by atomic mass is 19.1. The van der Waals surface area contributed by atoms with Crippen LogP contribution in [0.2, 0.25) is 0 Å². The van der Waals surface area contributed by atoms with E-state index in [2.05, 4.69) is 20.2 Å². The lowest BCUT2D eigenvalue weighted by Gasteiger charge is -2.25. The zero-order valence-corrected chi connectivity index (χ0v) is 14.9. The highest BCUT2D eigenvalue weighted by Gasteiger charge is 2.30. The van der Waals surface area contributed by atoms with Crippen molar-refractivity contribution in [3.05, 3.63) is 48.0 Å². The summed E-state index contributed by atoms with van der Waals surface area (Å²) in [4.78, 5) is 24.7. The summed E-state index contributed by atoms with van der Waals surface area (Å²) < 4.78 is 18.5. The number of methoxy groups -OCH3 is 1. The van der Waals surface area contributed by atoms with Crippen molar-refractivity contribution in [3.8, 4) is 5.88 Å². The van der Waals surface area contributed by atoms with Crippen LogP contribution in [0.1, 0.15) is 12.0 Å². The second kappa shape index (κ2) is 7.99. The van der Waals surface area contributed by atoms with E-state index in [1.54, 1.807) is 43.6 Å². The van der Waals surface area contributed by atoms with Gasteiger partial charge in [0.15, 0.2) is 5.82 Å². The summed E-state index contributed by atoms with van der Waals surface area (Å²) in [7, 11) is 3.33. The van der Waals surface area contributed by atoms with Crippen LogP contribution in [0, 0.1) is 5.82 Å². The molecule has 0 spiro atoms. The van der Waals surface area contributed by atoms with Crippen LogP contribution in [0.3, 0.4) is 0 Å². The van der Waals surface area contributed by atoms with Gasteiger partial charge in [-0.05, 0) is 24.1 Å². The Kier molecular flexibility index (Phi) is 5.50. The molecule has 1 atom stereocenters. The number of hydrogen-bond acceptors (Lipinski definition) is 5. The number of nitrogens with one attached hydrogen (secondary N) is 1. The predicted molar refractivity (Wildman–Crippen MR) is 95.6 cm³/mol. The second-order valence-corrected chi connectivity index (χ2v) is 6.18. The van der Waals surface area contributed by atoms with Crippen molar-refractivity contribution in [2.24, 2.45) is 0 Å². The Balaban J connectivity index is 1.57. The Morgan fingerprint density at radius 3 is 3.00 bits per heavy atom. The molecule has 2 heterocycles. The summed E-state index contributed by atoms with van der Waals surface area (Å²) in [6.45, 7) is 1.70. The van der Waals surface area contributed by atoms with Crippen LogP contribution in [-0.2, 0) is 6.54 Å². The lowest BCUT2D eigenvalue weighted by molar-refractivity contribution is 0.194. The van der Waals surface area contributed by atoms with Crippen molar-refractivity contribution < 1.29 is 13.9 Å². The summed E-state index contributed by atoms with van der Waals surface area (Å²) in [6, 6.07) is 6.06. The van der Waals surface area contributed by atoms with Crippen LogP contribution in [-0.4, -0.2) is 54.2 Å². The van der Waals surface area contributed by atoms with Gasteiger partial charge in [-0.3, -0.25) is 0 Å². The molecule has 7 nitrogen and oxygen atoms in total. The van der Waals surface area contributed by atoms with Crippen molar-refractivity contribution in [1.82, 2.24) is 20.2 Å². The zero-order valence-electron chi connectivity index (χ0n) is 14.9. The van der Waals surface area contributed by atoms with Gasteiger partial charge in [0.1, 0.15) is 5.82 Å². The highest BCUT2D eigenvalue weighted by Crippen LogP contribution is 2.27. The molecule has 1 N–H and O–H groups in total. The maximum absolute atomic E-state index is 13.2. The molecule has 1 aromatic carbocycles. The fourth-order valence-corrected chi connectivity index (χ4v) is 3.04. The molecule has 26 heavy (non-hydrogen) atoms. The number of benzene rings is 1. The maximum Gasteiger partial charge on any atom is 0.317 e. The molecule has 1 fully saturated rings. The minimum atomic E-state index is -0.311. The SMILES string of the molecule is COc1nccnc1N1CC[C@@H](N(C)C(=O)NCc2cccc(F)c2)C1. The fraction of sp³-hybridized carbons (Fsp3) is 0.389. The summed E-state index contributed by atoms with van der Waals surface area (Å²) in [5, 5.41) is 2.83. The monoisotopic (exact) mass is 359 g/mol. The van der Waals surface area contributed by atoms with Gasteiger partial charge in [-0.25, -0.2) is 19.2 Å². The van der Waals surface area contributed by atoms with E-state index in [-0.39, 0.29) is 24.4 Å². The van der Waals surface area contributed by atoms with E-state index in [1.165, 1.54) is 12.1 Å². The highest BCUT2D eigenvalue weighted by molar-refractivity contribution is 5.74. The van der Waals surface area contributed by atoms with Crippen LogP contribution in [0.25, 0.3) is 0 Å². The standard InChI is InChI=1S/C18H22FN5O2/c1-23(18(25)22-11-13-4-3-5-14(19)10-13)15-6-9-24(12-15)16-17(26-2)21-8-7-20-16/h3-5,7-8,10,15H,6,9,11-12H2,1-2H3,(H,22,25)/t15-/m1/s1. The normalized spacial score (nSPS) is 16.4. The van der Waals surface area contributed by atoms with Crippen molar-refractivity contribution in [2.75, 3.05) is 32.1 Å². The van der Waals surface area contributed by atoms with Gasteiger partial charge in [-0.2, -0.15) is 0 Å². The molecular formula is C18H22FN5O2. The number of aromatic nitrogens is 2. The van der Waals surface area contributed by atoms with Crippen molar-refractivity contribution in [2.45, 2.75) is 19.0 Å². The number of ether oxygens (including phenoxy) is 1. The Labute approximate surface area is 151 Å². The summed E-state index contributed by atoms with van der Waals surface area (Å²) in [5.41, 5.74) is 0.726. The minimum Gasteiger partial charge on any atom is -0.478 e. The molecule has 1 aliphatic heterocycles. The van der Waals surface area contributed by atoms with Gasteiger partial charge in [0.25, 0.3) is 5.88 Å². The third kappa shape index (κ3) is 4.01. The average Bonchev–Trinajstić information content (AvgIpc) is 3.15. The fourth-order valence-electron chi connectivity index (χ4n) is 3.04. The predicted octanol–water partition coefficient (Wildman–Crippen LogP) is 2.04. The maximum atomic E-state index is 13.2. The summed E-state index contributed by atoms with van der Waals surface area (Å²) in [5.74, 6) is 0.854. The Morgan fingerprint density at radius 2 is 2.23 bits per heavy atom. The number of anilines is 1. The van der Waals surface area contributed by atoms with Gasteiger partial charge in [0.2, 0.25) is 0 Å². The molecule has 138 valence electrons. The van der Waals surface area contributed by atoms with Crippen LogP contribution < -0.4 is 15.0 Å². The van der Waals surface area contributed by atoms with E-state index in [0.717, 1.165) is 18.5 Å². The van der Waals surface area contributed by atoms with Crippen molar-refractivity contribution >= 4 is 11.8 Å². The first-order valence-electron chi connectivity index (χ1n) is 8.43. The van der Waals surface area contributed by atoms with Gasteiger partial charge < -0.3 is 19.9 Å². The van der Waals surface area contributed by atoms with Crippen molar-refractivity contribution in [3.63, 3.8) is 0 Å². The molecule has 0 unspecified atom stereocenters. The number of halogens is 1. The molecule has 1 saturated heterocycles. The van der Waals surface area contributed by atoms with E-state index >= 15 is 0 Å². The zero-order chi connectivity index (χ0) is 18.5. The molecule has 3 rings (SSSR count). The van der Waals surface area contributed by atoms with Crippen LogP contribution in [0.15, 0.2) is 36.7 Å². The van der Waals surface area contributed by atoms with E-state index in [9.17, 15) is 9.18 Å². The van der Waals surface area contributed by atoms with Crippen LogP contribution in [0.5, 0.6) is 5.88 Å². The Hall–Kier alpha value is -2.90. The summed E-state index contributed by atoms with van der Waals surface area (Å²) in [6.07, 6.45) is 4.03. The first-order valence-corrected chi connectivity index (χ1v) is 8.43. The first-order chi connectivity index (χ1) is 12.6. The molecular weight excluding hydrogens is 337 g/mol. The minimum absolute atomic E-state index is 0.0502. The van der Waals surface area contributed by atoms with Gasteiger partial charge in [-0.1, -0.05) is 12.1 Å². The Bertz CT molecular complexity index is 773. The van der Waals surface area contributed by atoms with Gasteiger partial charge >= 0.3 is 6.03 Å². The van der Waals surface area contributed by atoms with E-state index in [1.807, 2.05) is 0 Å². The first kappa shape index (κ1) is 17.9. The molecule has 0 aliphatic carbocycles. The second-order valence-electron chi connectivity index (χ2n) is 6.18. The number of likely N-dealkylation sites (N-methyl/N-ethyl adjacent to an activating group) is 1. The quantitative estimate of drug-likeness (QED) is 0.885. The third-order valence-corrected chi connectivity index (χ3v) is 4.50. The smallest absolute Gasteiger partial charge is 0.317 e. The van der Waals surface area contributed by atoms with Crippen molar-refractivity contribution in [1.29, 1.82) is 0 Å². The van der Waals surface area contributed by atoms with E-state index < -0.39 is 0 Å². The molecule has 0 saturated carbocycles. The molecule has 2 aromatic rings. The lowest BCUT2D eigenvalue weighted by Crippen LogP contribution is -2.44. The number of nitrogens with zero attached hydrogens (tertiary/aromatic N) is 4. The molecule has 1 aromatic heterocycles. The number of hydrogen-bond donors (Lipinski definition) is 1. The number of urea groups is 1. The molecule has 8 heteroatoms. The van der Waals surface area contributed by atoms with E-state index in [4.69, 9.17) is 4.74 Å². The third-order valence-electron chi connectivity index (χ3n) is 4.50. The van der Waals surface area contributed by atoms with Gasteiger partial charge in [-0.15, -0.1) is 0 Å². The number of carbonyl (C=O) groups is 1. The number of amides is 2. The van der Waals surface area contributed by atoms with Gasteiger partial charge in [0, 0.05) is 39.1 Å². The number of rotatable bonds is 5.